The Hall–Kier alpha value is -1.34. The molecule has 1 rings (SSSR count). The molecular weight excluding hydrogens is 348 g/mol. The zero-order chi connectivity index (χ0) is 19.9. The Morgan fingerprint density at radius 1 is 1.31 bits per heavy atom. The van der Waals surface area contributed by atoms with Crippen LogP contribution in [0.4, 0.5) is 0 Å². The summed E-state index contributed by atoms with van der Waals surface area (Å²) in [5, 5.41) is 0. The molecule has 1 aliphatic heterocycles. The minimum atomic E-state index is -3.28. The summed E-state index contributed by atoms with van der Waals surface area (Å²) in [6.07, 6.45) is 7.06. The minimum absolute atomic E-state index is 0.507. The average Bonchev–Trinajstić information content (AvgIpc) is 2.59. The van der Waals surface area contributed by atoms with Crippen molar-refractivity contribution < 1.29 is 8.42 Å². The van der Waals surface area contributed by atoms with Crippen molar-refractivity contribution in [3.05, 3.63) is 23.5 Å². The largest absolute Gasteiger partial charge is 0.354 e. The number of piperazine rings is 1. The van der Waals surface area contributed by atoms with Crippen molar-refractivity contribution in [3.63, 3.8) is 0 Å². The van der Waals surface area contributed by atoms with Crippen LogP contribution in [0.2, 0.25) is 0 Å². The van der Waals surface area contributed by atoms with Crippen molar-refractivity contribution in [1.82, 2.24) is 14.5 Å². The number of aliphatic imine (C=N–C) groups is 1. The van der Waals surface area contributed by atoms with Crippen LogP contribution in [0.3, 0.4) is 0 Å². The molecule has 1 saturated heterocycles. The maximum absolute atomic E-state index is 11.4. The third kappa shape index (κ3) is 6.76. The molecule has 150 valence electrons. The molecule has 0 saturated carbocycles. The first-order valence-corrected chi connectivity index (χ1v) is 11.4. The van der Waals surface area contributed by atoms with E-state index in [0.29, 0.717) is 17.8 Å². The van der Waals surface area contributed by atoms with Gasteiger partial charge in [0.15, 0.2) is 0 Å². The molecule has 1 N–H and O–H groups in total. The molecule has 1 aliphatic rings. The van der Waals surface area contributed by atoms with Crippen LogP contribution in [-0.2, 0) is 10.0 Å². The Morgan fingerprint density at radius 2 is 1.96 bits per heavy atom. The van der Waals surface area contributed by atoms with Crippen molar-refractivity contribution >= 4 is 15.9 Å². The van der Waals surface area contributed by atoms with E-state index < -0.39 is 10.0 Å². The van der Waals surface area contributed by atoms with Crippen molar-refractivity contribution in [2.75, 3.05) is 25.9 Å². The molecule has 2 unspecified atom stereocenters. The van der Waals surface area contributed by atoms with Gasteiger partial charge in [0.2, 0.25) is 10.0 Å². The lowest BCUT2D eigenvalue weighted by Crippen LogP contribution is -2.57. The predicted molar refractivity (Wildman–Crippen MR) is 111 cm³/mol. The second-order valence-electron chi connectivity index (χ2n) is 7.11. The van der Waals surface area contributed by atoms with E-state index in [9.17, 15) is 8.42 Å². The third-order valence-electron chi connectivity index (χ3n) is 4.97. The van der Waals surface area contributed by atoms with Gasteiger partial charge in [0.25, 0.3) is 0 Å². The minimum Gasteiger partial charge on any atom is -0.354 e. The Bertz CT molecular complexity index is 652. The van der Waals surface area contributed by atoms with Crippen LogP contribution in [0, 0.1) is 0 Å². The summed E-state index contributed by atoms with van der Waals surface area (Å²) < 4.78 is 25.2. The topological polar surface area (TPSA) is 65.0 Å². The fraction of sp³-hybridized carbons (Fsp3) is 0.737. The molecule has 0 radical (unpaired) electrons. The second kappa shape index (κ2) is 10.1. The molecule has 1 fully saturated rings. The van der Waals surface area contributed by atoms with Crippen molar-refractivity contribution in [2.45, 2.75) is 66.5 Å². The van der Waals surface area contributed by atoms with Crippen LogP contribution >= 0.6 is 0 Å². The van der Waals surface area contributed by atoms with Crippen LogP contribution in [0.25, 0.3) is 0 Å². The van der Waals surface area contributed by atoms with Crippen LogP contribution < -0.4 is 4.72 Å². The number of sulfonamides is 1. The number of hydrogen-bond donors (Lipinski definition) is 1. The predicted octanol–water partition coefficient (Wildman–Crippen LogP) is 2.96. The molecule has 0 amide bonds. The van der Waals surface area contributed by atoms with E-state index in [1.165, 1.54) is 0 Å². The molecule has 0 spiro atoms. The smallest absolute Gasteiger partial charge is 0.229 e. The first-order valence-electron chi connectivity index (χ1n) is 9.49. The van der Waals surface area contributed by atoms with Gasteiger partial charge in [-0.05, 0) is 46.1 Å². The maximum atomic E-state index is 11.4. The monoisotopic (exact) mass is 384 g/mol. The number of nitrogens with zero attached hydrogens (tertiary/aromatic N) is 3. The molecule has 2 atom stereocenters. The molecule has 7 heteroatoms. The molecule has 1 heterocycles. The Morgan fingerprint density at radius 3 is 2.46 bits per heavy atom. The van der Waals surface area contributed by atoms with Gasteiger partial charge in [-0.15, -0.1) is 0 Å². The van der Waals surface area contributed by atoms with E-state index in [0.717, 1.165) is 50.1 Å². The van der Waals surface area contributed by atoms with Crippen molar-refractivity contribution in [2.24, 2.45) is 4.99 Å². The van der Waals surface area contributed by atoms with E-state index in [-0.39, 0.29) is 0 Å². The number of amidine groups is 1. The fourth-order valence-corrected chi connectivity index (χ4v) is 3.92. The highest BCUT2D eigenvalue weighted by Crippen LogP contribution is 2.19. The first kappa shape index (κ1) is 22.7. The number of rotatable bonds is 7. The molecule has 26 heavy (non-hydrogen) atoms. The highest BCUT2D eigenvalue weighted by molar-refractivity contribution is 7.88. The first-order chi connectivity index (χ1) is 12.1. The summed E-state index contributed by atoms with van der Waals surface area (Å²) in [5.41, 5.74) is 1.61. The molecule has 0 bridgehead atoms. The molecular formula is C19H36N4O2S. The van der Waals surface area contributed by atoms with E-state index >= 15 is 0 Å². The Labute approximate surface area is 160 Å². The molecule has 0 aliphatic carbocycles. The third-order valence-corrected chi connectivity index (χ3v) is 5.66. The molecule has 0 aromatic rings. The lowest BCUT2D eigenvalue weighted by Gasteiger charge is -2.45. The van der Waals surface area contributed by atoms with Crippen LogP contribution in [0.1, 0.15) is 54.4 Å². The highest BCUT2D eigenvalue weighted by atomic mass is 32.2. The van der Waals surface area contributed by atoms with E-state index in [1.807, 2.05) is 19.9 Å². The van der Waals surface area contributed by atoms with E-state index in [2.05, 4.69) is 40.3 Å². The Balaban J connectivity index is 3.04. The van der Waals surface area contributed by atoms with Gasteiger partial charge in [-0.2, -0.15) is 0 Å². The zero-order valence-corrected chi connectivity index (χ0v) is 18.2. The summed E-state index contributed by atoms with van der Waals surface area (Å²) in [4.78, 5) is 9.56. The maximum Gasteiger partial charge on any atom is 0.229 e. The van der Waals surface area contributed by atoms with Crippen molar-refractivity contribution in [1.29, 1.82) is 0 Å². The molecule has 0 aromatic carbocycles. The number of allylic oxidation sites excluding steroid dienone is 2. The van der Waals surface area contributed by atoms with Crippen LogP contribution in [0.5, 0.6) is 0 Å². The van der Waals surface area contributed by atoms with Gasteiger partial charge in [0.1, 0.15) is 5.84 Å². The van der Waals surface area contributed by atoms with Gasteiger partial charge < -0.3 is 4.90 Å². The second-order valence-corrected chi connectivity index (χ2v) is 8.86. The summed E-state index contributed by atoms with van der Waals surface area (Å²) in [6.45, 7) is 15.4. The SMILES string of the molecule is C\C=C(C)/C(=N\C=C(/C)NS(C)(=O)=O)N1CCN(C(C)CC)C(CC)C1. The summed E-state index contributed by atoms with van der Waals surface area (Å²) in [6, 6.07) is 1.10. The highest BCUT2D eigenvalue weighted by Gasteiger charge is 2.29. The van der Waals surface area contributed by atoms with Gasteiger partial charge >= 0.3 is 0 Å². The Kier molecular flexibility index (Phi) is 8.83. The van der Waals surface area contributed by atoms with Gasteiger partial charge in [-0.3, -0.25) is 9.62 Å². The van der Waals surface area contributed by atoms with E-state index in [1.54, 1.807) is 13.1 Å². The quantitative estimate of drug-likeness (QED) is 0.541. The van der Waals surface area contributed by atoms with Gasteiger partial charge in [0.05, 0.1) is 6.26 Å². The van der Waals surface area contributed by atoms with Crippen LogP contribution in [0.15, 0.2) is 28.5 Å². The average molecular weight is 385 g/mol. The standard InChI is InChI=1S/C19H36N4O2S/c1-8-15(4)19(20-13-16(5)21-26(7,24)25)22-11-12-23(17(6)9-2)18(10-3)14-22/h8,13,17-18,21H,9-12,14H2,1-7H3/b15-8-,16-13+,20-19+. The zero-order valence-electron chi connectivity index (χ0n) is 17.4. The lowest BCUT2D eigenvalue weighted by molar-refractivity contribution is 0.0717. The van der Waals surface area contributed by atoms with Crippen molar-refractivity contribution in [3.8, 4) is 0 Å². The summed E-state index contributed by atoms with van der Waals surface area (Å²) >= 11 is 0. The number of nitrogens with one attached hydrogen (secondary N) is 1. The van der Waals surface area contributed by atoms with Crippen LogP contribution in [-0.4, -0.2) is 62.0 Å². The number of hydrogen-bond acceptors (Lipinski definition) is 4. The molecule has 6 nitrogen and oxygen atoms in total. The molecule has 0 aromatic heterocycles. The van der Waals surface area contributed by atoms with Gasteiger partial charge in [-0.25, -0.2) is 13.4 Å². The summed E-state index contributed by atoms with van der Waals surface area (Å²) in [7, 11) is -3.28. The van der Waals surface area contributed by atoms with Gasteiger partial charge in [0, 0.05) is 43.6 Å². The lowest BCUT2D eigenvalue weighted by atomic mass is 10.0. The van der Waals surface area contributed by atoms with Gasteiger partial charge in [-0.1, -0.05) is 19.9 Å². The fourth-order valence-electron chi connectivity index (χ4n) is 3.28. The van der Waals surface area contributed by atoms with E-state index in [4.69, 9.17) is 0 Å². The normalized spacial score (nSPS) is 22.5. The summed E-state index contributed by atoms with van der Waals surface area (Å²) in [5.74, 6) is 0.921.